The molecule has 5 nitrogen and oxygen atoms in total. The van der Waals surface area contributed by atoms with Crippen molar-refractivity contribution in [1.82, 2.24) is 15.2 Å². The summed E-state index contributed by atoms with van der Waals surface area (Å²) in [5, 5.41) is 6.80. The Morgan fingerprint density at radius 3 is 2.78 bits per heavy atom. The van der Waals surface area contributed by atoms with Gasteiger partial charge < -0.3 is 10.6 Å². The summed E-state index contributed by atoms with van der Waals surface area (Å²) in [5.41, 5.74) is -0.514. The highest BCUT2D eigenvalue weighted by molar-refractivity contribution is 9.11. The van der Waals surface area contributed by atoms with Crippen LogP contribution in [0.5, 0.6) is 0 Å². The molecule has 1 aliphatic heterocycles. The minimum Gasteiger partial charge on any atom is -0.314 e. The average Bonchev–Trinajstić information content (AvgIpc) is 2.76. The number of thiazole rings is 1. The monoisotopic (exact) mass is 332 g/mol. The first-order chi connectivity index (χ1) is 8.50. The van der Waals surface area contributed by atoms with Crippen LogP contribution in [0, 0.1) is 0 Å². The van der Waals surface area contributed by atoms with Gasteiger partial charge in [-0.25, -0.2) is 4.98 Å². The molecule has 1 aliphatic rings. The molecule has 2 heterocycles. The Bertz CT molecular complexity index is 428. The third kappa shape index (κ3) is 3.09. The van der Waals surface area contributed by atoms with Gasteiger partial charge in [-0.2, -0.15) is 0 Å². The van der Waals surface area contributed by atoms with E-state index in [2.05, 4.69) is 36.4 Å². The summed E-state index contributed by atoms with van der Waals surface area (Å²) >= 11 is 4.76. The molecule has 0 bridgehead atoms. The largest absolute Gasteiger partial charge is 0.314 e. The molecular formula is C11H17BrN4OS. The maximum absolute atomic E-state index is 12.3. The van der Waals surface area contributed by atoms with Crippen LogP contribution in [-0.4, -0.2) is 47.5 Å². The molecule has 2 rings (SSSR count). The zero-order valence-electron chi connectivity index (χ0n) is 10.5. The van der Waals surface area contributed by atoms with Crippen molar-refractivity contribution in [1.29, 1.82) is 0 Å². The maximum Gasteiger partial charge on any atom is 0.246 e. The summed E-state index contributed by atoms with van der Waals surface area (Å²) in [5.74, 6) is -0.00810. The van der Waals surface area contributed by atoms with Gasteiger partial charge in [-0.1, -0.05) is 11.3 Å². The van der Waals surface area contributed by atoms with E-state index in [-0.39, 0.29) is 5.91 Å². The van der Waals surface area contributed by atoms with Gasteiger partial charge in [0.25, 0.3) is 0 Å². The summed E-state index contributed by atoms with van der Waals surface area (Å²) < 4.78 is 0.915. The topological polar surface area (TPSA) is 57.3 Å². The first kappa shape index (κ1) is 13.9. The van der Waals surface area contributed by atoms with Gasteiger partial charge in [0.15, 0.2) is 5.13 Å². The molecule has 1 amide bonds. The second kappa shape index (κ2) is 5.64. The first-order valence-corrected chi connectivity index (χ1v) is 7.49. The first-order valence-electron chi connectivity index (χ1n) is 5.89. The van der Waals surface area contributed by atoms with Crippen molar-refractivity contribution in [3.8, 4) is 0 Å². The van der Waals surface area contributed by atoms with Crippen LogP contribution in [0.1, 0.15) is 13.8 Å². The smallest absolute Gasteiger partial charge is 0.246 e. The van der Waals surface area contributed by atoms with Crippen molar-refractivity contribution in [2.75, 3.05) is 31.5 Å². The van der Waals surface area contributed by atoms with E-state index in [1.165, 1.54) is 11.3 Å². The maximum atomic E-state index is 12.3. The summed E-state index contributed by atoms with van der Waals surface area (Å²) in [6.07, 6.45) is 1.69. The lowest BCUT2D eigenvalue weighted by Gasteiger charge is -2.39. The Morgan fingerprint density at radius 1 is 1.56 bits per heavy atom. The third-order valence-corrected chi connectivity index (χ3v) is 4.55. The Morgan fingerprint density at radius 2 is 2.22 bits per heavy atom. The van der Waals surface area contributed by atoms with Gasteiger partial charge in [0.05, 0.1) is 15.5 Å². The molecule has 2 N–H and O–H groups in total. The molecule has 0 atom stereocenters. The van der Waals surface area contributed by atoms with Crippen molar-refractivity contribution in [3.63, 3.8) is 0 Å². The zero-order chi connectivity index (χ0) is 13.2. The highest BCUT2D eigenvalue weighted by atomic mass is 79.9. The molecule has 7 heteroatoms. The van der Waals surface area contributed by atoms with E-state index >= 15 is 0 Å². The van der Waals surface area contributed by atoms with Crippen LogP contribution < -0.4 is 10.6 Å². The number of anilines is 1. The number of nitrogens with one attached hydrogen (secondary N) is 2. The molecule has 1 aromatic heterocycles. The van der Waals surface area contributed by atoms with Crippen molar-refractivity contribution in [3.05, 3.63) is 9.98 Å². The molecular weight excluding hydrogens is 316 g/mol. The van der Waals surface area contributed by atoms with Crippen LogP contribution in [0.15, 0.2) is 9.98 Å². The number of carbonyl (C=O) groups excluding carboxylic acids is 1. The second-order valence-electron chi connectivity index (χ2n) is 4.72. The van der Waals surface area contributed by atoms with Gasteiger partial charge >= 0.3 is 0 Å². The molecule has 1 aromatic rings. The Balaban J connectivity index is 2.02. The molecule has 0 unspecified atom stereocenters. The van der Waals surface area contributed by atoms with Gasteiger partial charge in [-0.15, -0.1) is 0 Å². The minimum atomic E-state index is -0.514. The van der Waals surface area contributed by atoms with Crippen LogP contribution in [0.25, 0.3) is 0 Å². The fraction of sp³-hybridized carbons (Fsp3) is 0.636. The summed E-state index contributed by atoms with van der Waals surface area (Å²) in [6.45, 7) is 7.55. The van der Waals surface area contributed by atoms with E-state index in [0.717, 1.165) is 30.0 Å². The van der Waals surface area contributed by atoms with Crippen LogP contribution in [-0.2, 0) is 4.79 Å². The van der Waals surface area contributed by atoms with E-state index in [4.69, 9.17) is 0 Å². The summed E-state index contributed by atoms with van der Waals surface area (Å²) in [6, 6.07) is 0. The van der Waals surface area contributed by atoms with E-state index < -0.39 is 5.54 Å². The van der Waals surface area contributed by atoms with E-state index in [1.54, 1.807) is 6.20 Å². The molecule has 1 fully saturated rings. The number of amides is 1. The van der Waals surface area contributed by atoms with E-state index in [1.807, 2.05) is 13.8 Å². The Hall–Kier alpha value is -0.500. The second-order valence-corrected chi connectivity index (χ2v) is 7.13. The molecule has 0 radical (unpaired) electrons. The van der Waals surface area contributed by atoms with Crippen molar-refractivity contribution >= 4 is 38.3 Å². The lowest BCUT2D eigenvalue weighted by atomic mass is 10.0. The fourth-order valence-electron chi connectivity index (χ4n) is 1.93. The molecule has 0 aromatic carbocycles. The van der Waals surface area contributed by atoms with Gasteiger partial charge in [0.1, 0.15) is 0 Å². The van der Waals surface area contributed by atoms with Crippen LogP contribution in [0.3, 0.4) is 0 Å². The van der Waals surface area contributed by atoms with Gasteiger partial charge in [0, 0.05) is 26.2 Å². The number of hydrogen-bond acceptors (Lipinski definition) is 5. The van der Waals surface area contributed by atoms with Crippen molar-refractivity contribution in [2.45, 2.75) is 19.4 Å². The van der Waals surface area contributed by atoms with Crippen molar-refractivity contribution in [2.24, 2.45) is 0 Å². The zero-order valence-corrected chi connectivity index (χ0v) is 12.9. The average molecular weight is 333 g/mol. The van der Waals surface area contributed by atoms with Gasteiger partial charge in [-0.3, -0.25) is 9.69 Å². The predicted molar refractivity (Wildman–Crippen MR) is 77.0 cm³/mol. The number of hydrogen-bond donors (Lipinski definition) is 2. The number of halogens is 1. The van der Waals surface area contributed by atoms with Crippen molar-refractivity contribution < 1.29 is 4.79 Å². The molecule has 18 heavy (non-hydrogen) atoms. The summed E-state index contributed by atoms with van der Waals surface area (Å²) in [4.78, 5) is 18.6. The highest BCUT2D eigenvalue weighted by Gasteiger charge is 2.35. The Labute approximate surface area is 119 Å². The normalized spacial score (nSPS) is 17.7. The lowest BCUT2D eigenvalue weighted by molar-refractivity contribution is -0.126. The molecule has 100 valence electrons. The number of piperazine rings is 1. The highest BCUT2D eigenvalue weighted by Crippen LogP contribution is 2.25. The number of nitrogens with zero attached hydrogens (tertiary/aromatic N) is 2. The minimum absolute atomic E-state index is 0.00810. The lowest BCUT2D eigenvalue weighted by Crippen LogP contribution is -2.58. The molecule has 0 saturated carbocycles. The van der Waals surface area contributed by atoms with E-state index in [0.29, 0.717) is 5.13 Å². The van der Waals surface area contributed by atoms with Gasteiger partial charge in [0.2, 0.25) is 5.91 Å². The van der Waals surface area contributed by atoms with E-state index in [9.17, 15) is 4.79 Å². The number of rotatable bonds is 3. The third-order valence-electron chi connectivity index (χ3n) is 3.16. The quantitative estimate of drug-likeness (QED) is 0.881. The molecule has 1 saturated heterocycles. The Kier molecular flexibility index (Phi) is 4.37. The molecule has 0 aliphatic carbocycles. The standard InChI is InChI=1S/C11H17BrN4OS/c1-11(2,16-5-3-13-4-6-16)9(17)15-10-14-7-8(12)18-10/h7,13H,3-6H2,1-2H3,(H,14,15,17). The molecule has 0 spiro atoms. The predicted octanol–water partition coefficient (Wildman–Crippen LogP) is 1.53. The van der Waals surface area contributed by atoms with Crippen LogP contribution in [0.2, 0.25) is 0 Å². The SMILES string of the molecule is CC(C)(C(=O)Nc1ncc(Br)s1)N1CCNCC1. The number of carbonyl (C=O) groups is 1. The van der Waals surface area contributed by atoms with Crippen LogP contribution >= 0.6 is 27.3 Å². The fourth-order valence-corrected chi connectivity index (χ4v) is 3.03. The summed E-state index contributed by atoms with van der Waals surface area (Å²) in [7, 11) is 0. The van der Waals surface area contributed by atoms with Gasteiger partial charge in [-0.05, 0) is 29.8 Å². The van der Waals surface area contributed by atoms with Crippen LogP contribution in [0.4, 0.5) is 5.13 Å². The number of aromatic nitrogens is 1.